The summed E-state index contributed by atoms with van der Waals surface area (Å²) < 4.78 is 0. The van der Waals surface area contributed by atoms with E-state index in [0.29, 0.717) is 17.0 Å². The van der Waals surface area contributed by atoms with Crippen molar-refractivity contribution in [2.45, 2.75) is 31.7 Å². The van der Waals surface area contributed by atoms with E-state index in [1.54, 1.807) is 24.3 Å². The molecule has 4 aliphatic rings. The van der Waals surface area contributed by atoms with Gasteiger partial charge in [-0.1, -0.05) is 0 Å². The van der Waals surface area contributed by atoms with Crippen molar-refractivity contribution >= 4 is 46.4 Å². The van der Waals surface area contributed by atoms with Gasteiger partial charge in [0.15, 0.2) is 0 Å². The quantitative estimate of drug-likeness (QED) is 0.121. The van der Waals surface area contributed by atoms with Crippen molar-refractivity contribution < 1.29 is 24.1 Å². The second-order valence-electron chi connectivity index (χ2n) is 12.1. The number of nitrogens with one attached hydrogen (secondary N) is 2. The number of benzene rings is 2. The van der Waals surface area contributed by atoms with Gasteiger partial charge in [-0.3, -0.25) is 44.4 Å². The van der Waals surface area contributed by atoms with E-state index in [9.17, 15) is 29.3 Å². The smallest absolute Gasteiger partial charge is 0.292 e. The lowest BCUT2D eigenvalue weighted by molar-refractivity contribution is -0.383. The SMILES string of the molecule is Nc1cc(N2CCN(CCNCC3CCN(c4ccc5c(c4)C(=O)N(C4CCC(=O)NC4=O)C5=O)CC3)CC2)ccc1[N+](=O)[O-]. The molecule has 6 rings (SSSR count). The molecular formula is C31H38N8O6. The molecule has 4 heterocycles. The van der Waals surface area contributed by atoms with Gasteiger partial charge in [-0.05, 0) is 62.1 Å². The lowest BCUT2D eigenvalue weighted by Gasteiger charge is -2.36. The summed E-state index contributed by atoms with van der Waals surface area (Å²) in [6.45, 7) is 7.99. The predicted octanol–water partition coefficient (Wildman–Crippen LogP) is 1.21. The maximum Gasteiger partial charge on any atom is 0.292 e. The third-order valence-corrected chi connectivity index (χ3v) is 9.39. The summed E-state index contributed by atoms with van der Waals surface area (Å²) in [6.07, 6.45) is 2.26. The lowest BCUT2D eigenvalue weighted by atomic mass is 9.96. The van der Waals surface area contributed by atoms with Gasteiger partial charge in [-0.25, -0.2) is 0 Å². The molecule has 0 aromatic heterocycles. The predicted molar refractivity (Wildman–Crippen MR) is 167 cm³/mol. The zero-order chi connectivity index (χ0) is 31.7. The Hall–Kier alpha value is -4.56. The Morgan fingerprint density at radius 2 is 1.53 bits per heavy atom. The molecule has 4 aliphatic heterocycles. The summed E-state index contributed by atoms with van der Waals surface area (Å²) >= 11 is 0. The van der Waals surface area contributed by atoms with Gasteiger partial charge in [-0.15, -0.1) is 0 Å². The molecule has 4 N–H and O–H groups in total. The summed E-state index contributed by atoms with van der Waals surface area (Å²) in [5, 5.41) is 16.9. The van der Waals surface area contributed by atoms with Gasteiger partial charge in [0.25, 0.3) is 17.5 Å². The van der Waals surface area contributed by atoms with Crippen LogP contribution in [0.15, 0.2) is 36.4 Å². The molecule has 1 atom stereocenters. The van der Waals surface area contributed by atoms with E-state index >= 15 is 0 Å². The van der Waals surface area contributed by atoms with Crippen LogP contribution in [-0.4, -0.2) is 103 Å². The minimum absolute atomic E-state index is 0.0633. The molecule has 0 aliphatic carbocycles. The number of hydrogen-bond acceptors (Lipinski definition) is 11. The number of amides is 4. The molecule has 0 radical (unpaired) electrons. The Morgan fingerprint density at radius 3 is 2.22 bits per heavy atom. The highest BCUT2D eigenvalue weighted by Crippen LogP contribution is 2.32. The molecular weight excluding hydrogens is 580 g/mol. The molecule has 0 bridgehead atoms. The third kappa shape index (κ3) is 6.33. The minimum Gasteiger partial charge on any atom is -0.393 e. The average Bonchev–Trinajstić information content (AvgIpc) is 3.28. The first-order valence-corrected chi connectivity index (χ1v) is 15.5. The molecule has 0 saturated carbocycles. The first-order valence-electron chi connectivity index (χ1n) is 15.5. The number of carbonyl (C=O) groups excluding carboxylic acids is 4. The minimum atomic E-state index is -0.964. The van der Waals surface area contributed by atoms with Gasteiger partial charge in [0.1, 0.15) is 11.7 Å². The highest BCUT2D eigenvalue weighted by atomic mass is 16.6. The van der Waals surface area contributed by atoms with Crippen LogP contribution in [0, 0.1) is 16.0 Å². The Balaban J connectivity index is 0.921. The molecule has 3 fully saturated rings. The van der Waals surface area contributed by atoms with E-state index in [0.717, 1.165) is 88.0 Å². The fourth-order valence-corrected chi connectivity index (χ4v) is 6.73. The van der Waals surface area contributed by atoms with Crippen molar-refractivity contribution in [2.75, 3.05) is 74.4 Å². The highest BCUT2D eigenvalue weighted by Gasteiger charge is 2.44. The number of nitrogens with two attached hydrogens (primary N) is 1. The maximum absolute atomic E-state index is 13.2. The van der Waals surface area contributed by atoms with Gasteiger partial charge < -0.3 is 20.9 Å². The molecule has 2 aromatic rings. The third-order valence-electron chi connectivity index (χ3n) is 9.39. The van der Waals surface area contributed by atoms with E-state index in [1.807, 2.05) is 6.07 Å². The number of carbonyl (C=O) groups is 4. The Kier molecular flexibility index (Phi) is 8.67. The molecule has 3 saturated heterocycles. The van der Waals surface area contributed by atoms with Crippen molar-refractivity contribution in [3.63, 3.8) is 0 Å². The summed E-state index contributed by atoms with van der Waals surface area (Å²) in [5.41, 5.74) is 8.40. The van der Waals surface area contributed by atoms with Crippen LogP contribution >= 0.6 is 0 Å². The van der Waals surface area contributed by atoms with Crippen LogP contribution in [0.2, 0.25) is 0 Å². The van der Waals surface area contributed by atoms with Gasteiger partial charge in [0.05, 0.1) is 16.1 Å². The van der Waals surface area contributed by atoms with Gasteiger partial charge in [0.2, 0.25) is 11.8 Å². The van der Waals surface area contributed by atoms with Gasteiger partial charge >= 0.3 is 0 Å². The van der Waals surface area contributed by atoms with Crippen LogP contribution in [0.25, 0.3) is 0 Å². The highest BCUT2D eigenvalue weighted by molar-refractivity contribution is 6.23. The van der Waals surface area contributed by atoms with Gasteiger partial charge in [0, 0.05) is 76.2 Å². The summed E-state index contributed by atoms with van der Waals surface area (Å²) in [6, 6.07) is 9.25. The number of anilines is 3. The number of rotatable bonds is 9. The van der Waals surface area contributed by atoms with Crippen molar-refractivity contribution in [1.29, 1.82) is 0 Å². The van der Waals surface area contributed by atoms with E-state index in [4.69, 9.17) is 5.73 Å². The number of piperidine rings is 2. The Bertz CT molecular complexity index is 1520. The molecule has 45 heavy (non-hydrogen) atoms. The second-order valence-corrected chi connectivity index (χ2v) is 12.1. The molecule has 14 heteroatoms. The van der Waals surface area contributed by atoms with Crippen molar-refractivity contribution in [2.24, 2.45) is 5.92 Å². The number of nitrogens with zero attached hydrogens (tertiary/aromatic N) is 5. The van der Waals surface area contributed by atoms with E-state index in [-0.39, 0.29) is 24.2 Å². The van der Waals surface area contributed by atoms with Crippen LogP contribution in [-0.2, 0) is 9.59 Å². The Labute approximate surface area is 260 Å². The number of piperazine rings is 1. The van der Waals surface area contributed by atoms with Crippen molar-refractivity contribution in [3.05, 3.63) is 57.6 Å². The molecule has 1 unspecified atom stereocenters. The second kappa shape index (κ2) is 12.8. The summed E-state index contributed by atoms with van der Waals surface area (Å²) in [5.74, 6) is -1.42. The number of nitro benzene ring substituents is 1. The summed E-state index contributed by atoms with van der Waals surface area (Å²) in [4.78, 5) is 68.5. The largest absolute Gasteiger partial charge is 0.393 e. The Morgan fingerprint density at radius 1 is 0.867 bits per heavy atom. The zero-order valence-corrected chi connectivity index (χ0v) is 25.1. The fraction of sp³-hybridized carbons (Fsp3) is 0.484. The number of imide groups is 2. The van der Waals surface area contributed by atoms with E-state index < -0.39 is 34.6 Å². The molecule has 14 nitrogen and oxygen atoms in total. The number of nitrogen functional groups attached to an aromatic ring is 1. The first kappa shape index (κ1) is 30.5. The maximum atomic E-state index is 13.2. The normalized spacial score (nSPS) is 21.3. The number of nitro groups is 1. The average molecular weight is 619 g/mol. The lowest BCUT2D eigenvalue weighted by Crippen LogP contribution is -2.54. The molecule has 2 aromatic carbocycles. The van der Waals surface area contributed by atoms with Gasteiger partial charge in [-0.2, -0.15) is 0 Å². The van der Waals surface area contributed by atoms with E-state index in [2.05, 4.69) is 25.3 Å². The standard InChI is InChI=1S/C31H38N8O6/c32-25-18-22(2-4-26(25)39(44)45)37-15-13-35(14-16-37)12-9-33-19-20-7-10-36(11-8-20)21-1-3-23-24(17-21)31(43)38(30(23)42)27-5-6-28(40)34-29(27)41/h1-4,17-18,20,27,33H,5-16,19,32H2,(H,34,40,41). The molecule has 0 spiro atoms. The summed E-state index contributed by atoms with van der Waals surface area (Å²) in [7, 11) is 0. The first-order chi connectivity index (χ1) is 21.7. The number of hydrogen-bond donors (Lipinski definition) is 3. The number of fused-ring (bicyclic) bond motifs is 1. The van der Waals surface area contributed by atoms with Crippen LogP contribution < -0.4 is 26.2 Å². The fourth-order valence-electron chi connectivity index (χ4n) is 6.73. The topological polar surface area (TPSA) is 174 Å². The van der Waals surface area contributed by atoms with Crippen molar-refractivity contribution in [1.82, 2.24) is 20.4 Å². The molecule has 238 valence electrons. The van der Waals surface area contributed by atoms with Crippen LogP contribution in [0.3, 0.4) is 0 Å². The molecule has 4 amide bonds. The van der Waals surface area contributed by atoms with Crippen LogP contribution in [0.5, 0.6) is 0 Å². The monoisotopic (exact) mass is 618 g/mol. The van der Waals surface area contributed by atoms with E-state index in [1.165, 1.54) is 6.07 Å². The van der Waals surface area contributed by atoms with Crippen molar-refractivity contribution in [3.8, 4) is 0 Å². The van der Waals surface area contributed by atoms with Crippen LogP contribution in [0.1, 0.15) is 46.4 Å². The van der Waals surface area contributed by atoms with Crippen LogP contribution in [0.4, 0.5) is 22.7 Å². The zero-order valence-electron chi connectivity index (χ0n) is 25.1.